The molecule has 0 saturated carbocycles. The maximum Gasteiger partial charge on any atom is 0.282 e. The number of isocyanates is 1. The molecule has 0 aliphatic carbocycles. The molecule has 0 radical (unpaired) electrons. The Kier molecular flexibility index (Phi) is 12.5. The summed E-state index contributed by atoms with van der Waals surface area (Å²) in [6.45, 7) is 2.05. The van der Waals surface area contributed by atoms with Gasteiger partial charge in [-0.25, -0.2) is 9.79 Å². The van der Waals surface area contributed by atoms with E-state index in [0.717, 1.165) is 38.5 Å². The molecular formula is C16H31NO4. The first kappa shape index (κ1) is 20.3. The van der Waals surface area contributed by atoms with Gasteiger partial charge in [-0.15, -0.1) is 0 Å². The van der Waals surface area contributed by atoms with E-state index in [1.165, 1.54) is 19.3 Å². The maximum atomic E-state index is 10.2. The zero-order chi connectivity index (χ0) is 16.0. The van der Waals surface area contributed by atoms with Crippen LogP contribution < -0.4 is 0 Å². The summed E-state index contributed by atoms with van der Waals surface area (Å²) in [5.41, 5.74) is 0. The predicted molar refractivity (Wildman–Crippen MR) is 82.9 cm³/mol. The lowest BCUT2D eigenvalue weighted by atomic mass is 10.0. The van der Waals surface area contributed by atoms with Crippen LogP contribution in [0.3, 0.4) is 0 Å². The first-order valence-corrected chi connectivity index (χ1v) is 7.90. The van der Waals surface area contributed by atoms with Crippen LogP contribution in [0.1, 0.15) is 64.7 Å². The Morgan fingerprint density at radius 1 is 0.952 bits per heavy atom. The second-order valence-electron chi connectivity index (χ2n) is 5.24. The summed E-state index contributed by atoms with van der Waals surface area (Å²) < 4.78 is 15.8. The van der Waals surface area contributed by atoms with Crippen molar-refractivity contribution in [1.82, 2.24) is 0 Å². The van der Waals surface area contributed by atoms with Crippen molar-refractivity contribution < 1.29 is 19.0 Å². The van der Waals surface area contributed by atoms with Crippen LogP contribution in [-0.2, 0) is 19.0 Å². The highest BCUT2D eigenvalue weighted by Crippen LogP contribution is 2.21. The third-order valence-corrected chi connectivity index (χ3v) is 3.91. The van der Waals surface area contributed by atoms with Crippen LogP contribution in [0.15, 0.2) is 4.99 Å². The molecule has 5 nitrogen and oxygen atoms in total. The fourth-order valence-corrected chi connectivity index (χ4v) is 2.42. The first-order chi connectivity index (χ1) is 10.2. The van der Waals surface area contributed by atoms with E-state index in [0.29, 0.717) is 0 Å². The Morgan fingerprint density at radius 3 is 1.95 bits per heavy atom. The van der Waals surface area contributed by atoms with Crippen LogP contribution in [-0.4, -0.2) is 39.4 Å². The Balaban J connectivity index is 3.58. The maximum absolute atomic E-state index is 10.2. The van der Waals surface area contributed by atoms with Crippen molar-refractivity contribution in [1.29, 1.82) is 0 Å². The van der Waals surface area contributed by atoms with Gasteiger partial charge in [-0.05, 0) is 19.3 Å². The molecule has 0 amide bonds. The van der Waals surface area contributed by atoms with Gasteiger partial charge in [0.2, 0.25) is 6.08 Å². The second-order valence-corrected chi connectivity index (χ2v) is 5.24. The minimum absolute atomic E-state index is 0.160. The smallest absolute Gasteiger partial charge is 0.282 e. The van der Waals surface area contributed by atoms with Crippen LogP contribution in [0.25, 0.3) is 0 Å². The average molecular weight is 301 g/mol. The fraction of sp³-hybridized carbons (Fsp3) is 0.938. The van der Waals surface area contributed by atoms with Gasteiger partial charge in [-0.2, -0.15) is 0 Å². The van der Waals surface area contributed by atoms with Gasteiger partial charge in [0, 0.05) is 27.8 Å². The highest BCUT2D eigenvalue weighted by atomic mass is 16.9. The van der Waals surface area contributed by atoms with Crippen molar-refractivity contribution in [2.45, 2.75) is 76.7 Å². The van der Waals surface area contributed by atoms with Crippen LogP contribution >= 0.6 is 0 Å². The molecule has 0 aliphatic heterocycles. The normalized spacial score (nSPS) is 13.0. The third kappa shape index (κ3) is 8.99. The molecule has 0 N–H and O–H groups in total. The van der Waals surface area contributed by atoms with Crippen LogP contribution in [0.5, 0.6) is 0 Å². The average Bonchev–Trinajstić information content (AvgIpc) is 2.53. The van der Waals surface area contributed by atoms with Crippen molar-refractivity contribution in [3.05, 3.63) is 0 Å². The standard InChI is InChI=1S/C16H31NO4/c1-5-15(17-14-18)12-10-8-6-7-9-11-13-16(19-2,20-3)21-4/h15H,5-13H2,1-4H3. The third-order valence-electron chi connectivity index (χ3n) is 3.91. The topological polar surface area (TPSA) is 57.1 Å². The fourth-order valence-electron chi connectivity index (χ4n) is 2.42. The van der Waals surface area contributed by atoms with Crippen molar-refractivity contribution in [2.75, 3.05) is 21.3 Å². The van der Waals surface area contributed by atoms with E-state index in [4.69, 9.17) is 14.2 Å². The number of aliphatic imine (C=N–C) groups is 1. The van der Waals surface area contributed by atoms with E-state index in [-0.39, 0.29) is 6.04 Å². The van der Waals surface area contributed by atoms with Gasteiger partial charge in [-0.3, -0.25) is 0 Å². The molecule has 0 bridgehead atoms. The summed E-state index contributed by atoms with van der Waals surface area (Å²) in [7, 11) is 4.79. The highest BCUT2D eigenvalue weighted by molar-refractivity contribution is 5.33. The zero-order valence-electron chi connectivity index (χ0n) is 14.0. The van der Waals surface area contributed by atoms with Crippen molar-refractivity contribution >= 4 is 6.08 Å². The Hall–Kier alpha value is -0.740. The minimum atomic E-state index is -0.888. The van der Waals surface area contributed by atoms with Crippen LogP contribution in [0, 0.1) is 0 Å². The number of hydrogen-bond acceptors (Lipinski definition) is 5. The predicted octanol–water partition coefficient (Wildman–Crippen LogP) is 3.81. The number of nitrogens with zero attached hydrogens (tertiary/aromatic N) is 1. The summed E-state index contributed by atoms with van der Waals surface area (Å²) >= 11 is 0. The van der Waals surface area contributed by atoms with Gasteiger partial charge < -0.3 is 14.2 Å². The quantitative estimate of drug-likeness (QED) is 0.212. The summed E-state index contributed by atoms with van der Waals surface area (Å²) in [6, 6.07) is 0.160. The Bertz CT molecular complexity index is 278. The van der Waals surface area contributed by atoms with Gasteiger partial charge in [0.1, 0.15) is 0 Å². The Morgan fingerprint density at radius 2 is 1.48 bits per heavy atom. The molecule has 5 heteroatoms. The van der Waals surface area contributed by atoms with E-state index in [1.807, 2.05) is 0 Å². The number of unbranched alkanes of at least 4 members (excludes halogenated alkanes) is 5. The monoisotopic (exact) mass is 301 g/mol. The number of ether oxygens (including phenoxy) is 3. The number of rotatable bonds is 14. The summed E-state index contributed by atoms with van der Waals surface area (Å²) in [5, 5.41) is 0. The molecule has 0 aliphatic rings. The minimum Gasteiger partial charge on any atom is -0.331 e. The molecule has 0 spiro atoms. The van der Waals surface area contributed by atoms with Gasteiger partial charge >= 0.3 is 0 Å². The first-order valence-electron chi connectivity index (χ1n) is 7.90. The molecule has 1 atom stereocenters. The molecule has 1 unspecified atom stereocenters. The number of carbonyl (C=O) groups excluding carboxylic acids is 1. The van der Waals surface area contributed by atoms with E-state index in [2.05, 4.69) is 11.9 Å². The van der Waals surface area contributed by atoms with E-state index < -0.39 is 5.97 Å². The van der Waals surface area contributed by atoms with E-state index >= 15 is 0 Å². The zero-order valence-corrected chi connectivity index (χ0v) is 14.0. The molecule has 124 valence electrons. The summed E-state index contributed by atoms with van der Waals surface area (Å²) in [4.78, 5) is 14.0. The molecule has 0 aromatic rings. The molecule has 0 aromatic heterocycles. The van der Waals surface area contributed by atoms with Gasteiger partial charge in [0.05, 0.1) is 6.04 Å². The van der Waals surface area contributed by atoms with E-state index in [9.17, 15) is 4.79 Å². The summed E-state index contributed by atoms with van der Waals surface area (Å²) in [5.74, 6) is -0.888. The van der Waals surface area contributed by atoms with Crippen molar-refractivity contribution in [2.24, 2.45) is 4.99 Å². The largest absolute Gasteiger partial charge is 0.331 e. The van der Waals surface area contributed by atoms with Gasteiger partial charge in [0.15, 0.2) is 0 Å². The Labute approximate surface area is 129 Å². The highest BCUT2D eigenvalue weighted by Gasteiger charge is 2.28. The van der Waals surface area contributed by atoms with Crippen molar-refractivity contribution in [3.8, 4) is 0 Å². The van der Waals surface area contributed by atoms with Gasteiger partial charge in [0.25, 0.3) is 5.97 Å². The lowest BCUT2D eigenvalue weighted by Gasteiger charge is -2.28. The van der Waals surface area contributed by atoms with Crippen LogP contribution in [0.2, 0.25) is 0 Å². The number of methoxy groups -OCH3 is 3. The molecule has 21 heavy (non-hydrogen) atoms. The molecule has 0 heterocycles. The van der Waals surface area contributed by atoms with E-state index in [1.54, 1.807) is 27.4 Å². The molecule has 0 rings (SSSR count). The number of hydrogen-bond donors (Lipinski definition) is 0. The van der Waals surface area contributed by atoms with Crippen molar-refractivity contribution in [3.63, 3.8) is 0 Å². The van der Waals surface area contributed by atoms with Gasteiger partial charge in [-0.1, -0.05) is 39.0 Å². The molecule has 0 saturated heterocycles. The SMILES string of the molecule is CCC(CCCCCCCCC(OC)(OC)OC)N=C=O. The molecular weight excluding hydrogens is 270 g/mol. The lowest BCUT2D eigenvalue weighted by Crippen LogP contribution is -2.35. The second kappa shape index (κ2) is 13.0. The lowest BCUT2D eigenvalue weighted by molar-refractivity contribution is -0.355. The van der Waals surface area contributed by atoms with Crippen LogP contribution in [0.4, 0.5) is 0 Å². The summed E-state index contributed by atoms with van der Waals surface area (Å²) in [6.07, 6.45) is 11.2. The molecule has 0 fully saturated rings. The molecule has 0 aromatic carbocycles.